The highest BCUT2D eigenvalue weighted by Gasteiger charge is 2.44. The first-order chi connectivity index (χ1) is 12.7. The Bertz CT molecular complexity index is 532. The molecule has 6 heteroatoms. The maximum atomic E-state index is 13.0. The van der Waals surface area contributed by atoms with E-state index in [9.17, 15) is 9.59 Å². The van der Waals surface area contributed by atoms with Crippen molar-refractivity contribution in [3.63, 3.8) is 0 Å². The molecule has 0 aromatic heterocycles. The number of likely N-dealkylation sites (tertiary alicyclic amines) is 1. The fourth-order valence-corrected chi connectivity index (χ4v) is 5.85. The first-order valence-corrected chi connectivity index (χ1v) is 10.7. The fourth-order valence-electron chi connectivity index (χ4n) is 5.85. The number of hydrogen-bond donors (Lipinski definition) is 2. The minimum absolute atomic E-state index is 0.107. The highest BCUT2D eigenvalue weighted by atomic mass is 16.2. The Balaban J connectivity index is 1.37. The van der Waals surface area contributed by atoms with Crippen molar-refractivity contribution in [2.45, 2.75) is 76.3 Å². The molecule has 3 amide bonds. The Labute approximate surface area is 157 Å². The number of urea groups is 1. The molecule has 4 aliphatic rings. The van der Waals surface area contributed by atoms with Crippen LogP contribution in [0.25, 0.3) is 0 Å². The zero-order valence-corrected chi connectivity index (χ0v) is 16.0. The van der Waals surface area contributed by atoms with Crippen molar-refractivity contribution in [2.75, 3.05) is 32.7 Å². The second kappa shape index (κ2) is 7.75. The summed E-state index contributed by atoms with van der Waals surface area (Å²) in [4.78, 5) is 29.2. The second-order valence-electron chi connectivity index (χ2n) is 8.82. The molecule has 2 atom stereocenters. The Kier molecular flexibility index (Phi) is 5.39. The van der Waals surface area contributed by atoms with E-state index in [1.807, 2.05) is 9.80 Å². The van der Waals surface area contributed by atoms with Gasteiger partial charge in [-0.15, -0.1) is 0 Å². The van der Waals surface area contributed by atoms with Gasteiger partial charge in [-0.1, -0.05) is 25.7 Å². The van der Waals surface area contributed by atoms with Gasteiger partial charge in [-0.3, -0.25) is 4.79 Å². The SMILES string of the molecule is O=C(NC1CCCCC12CCCC2)N1CCCC(N2CCNCC2=O)C1. The molecule has 2 N–H and O–H groups in total. The van der Waals surface area contributed by atoms with E-state index in [0.717, 1.165) is 38.9 Å². The first-order valence-electron chi connectivity index (χ1n) is 10.7. The van der Waals surface area contributed by atoms with Crippen molar-refractivity contribution in [1.82, 2.24) is 20.4 Å². The molecule has 2 saturated heterocycles. The van der Waals surface area contributed by atoms with Crippen LogP contribution in [0, 0.1) is 5.41 Å². The minimum atomic E-state index is 0.107. The van der Waals surface area contributed by atoms with E-state index in [-0.39, 0.29) is 18.0 Å². The molecule has 2 unspecified atom stereocenters. The summed E-state index contributed by atoms with van der Waals surface area (Å²) in [7, 11) is 0. The van der Waals surface area contributed by atoms with Gasteiger partial charge in [0, 0.05) is 38.3 Å². The van der Waals surface area contributed by atoms with E-state index >= 15 is 0 Å². The van der Waals surface area contributed by atoms with Crippen LogP contribution in [0.5, 0.6) is 0 Å². The van der Waals surface area contributed by atoms with Crippen LogP contribution < -0.4 is 10.6 Å². The van der Waals surface area contributed by atoms with E-state index in [1.165, 1.54) is 44.9 Å². The summed E-state index contributed by atoms with van der Waals surface area (Å²) in [6.45, 7) is 3.58. The summed E-state index contributed by atoms with van der Waals surface area (Å²) >= 11 is 0. The lowest BCUT2D eigenvalue weighted by atomic mass is 9.69. The minimum Gasteiger partial charge on any atom is -0.336 e. The average Bonchev–Trinajstić information content (AvgIpc) is 3.13. The van der Waals surface area contributed by atoms with Gasteiger partial charge in [0.05, 0.1) is 6.54 Å². The molecule has 2 heterocycles. The smallest absolute Gasteiger partial charge is 0.317 e. The molecule has 26 heavy (non-hydrogen) atoms. The van der Waals surface area contributed by atoms with Crippen molar-refractivity contribution in [3.05, 3.63) is 0 Å². The summed E-state index contributed by atoms with van der Waals surface area (Å²) in [6.07, 6.45) is 12.2. The lowest BCUT2D eigenvalue weighted by Gasteiger charge is -2.44. The van der Waals surface area contributed by atoms with Gasteiger partial charge in [0.1, 0.15) is 0 Å². The fraction of sp³-hybridized carbons (Fsp3) is 0.900. The summed E-state index contributed by atoms with van der Waals surface area (Å²) in [6, 6.07) is 0.652. The van der Waals surface area contributed by atoms with E-state index in [4.69, 9.17) is 0 Å². The highest BCUT2D eigenvalue weighted by Crippen LogP contribution is 2.49. The highest BCUT2D eigenvalue weighted by molar-refractivity contribution is 5.79. The monoisotopic (exact) mass is 362 g/mol. The number of carbonyl (C=O) groups excluding carboxylic acids is 2. The molecule has 2 aliphatic carbocycles. The zero-order valence-electron chi connectivity index (χ0n) is 16.0. The predicted molar refractivity (Wildman–Crippen MR) is 101 cm³/mol. The first kappa shape index (κ1) is 18.1. The van der Waals surface area contributed by atoms with Crippen LogP contribution in [-0.2, 0) is 4.79 Å². The van der Waals surface area contributed by atoms with E-state index in [0.29, 0.717) is 24.5 Å². The standard InChI is InChI=1S/C20H34N4O2/c25-18-14-21-11-13-24(18)16-6-5-12-23(15-16)19(26)22-17-7-1-2-8-20(17)9-3-4-10-20/h16-17,21H,1-15H2,(H,22,26). The molecule has 1 spiro atoms. The zero-order chi connectivity index (χ0) is 18.0. The molecule has 146 valence electrons. The maximum absolute atomic E-state index is 13.0. The van der Waals surface area contributed by atoms with E-state index < -0.39 is 0 Å². The molecular formula is C20H34N4O2. The molecule has 2 aliphatic heterocycles. The summed E-state index contributed by atoms with van der Waals surface area (Å²) in [5.74, 6) is 0.181. The number of nitrogens with zero attached hydrogens (tertiary/aromatic N) is 2. The maximum Gasteiger partial charge on any atom is 0.317 e. The van der Waals surface area contributed by atoms with E-state index in [1.54, 1.807) is 0 Å². The summed E-state index contributed by atoms with van der Waals surface area (Å²) in [5.41, 5.74) is 0.373. The summed E-state index contributed by atoms with van der Waals surface area (Å²) in [5, 5.41) is 6.56. The van der Waals surface area contributed by atoms with Crippen LogP contribution in [0.3, 0.4) is 0 Å². The number of piperazine rings is 1. The third kappa shape index (κ3) is 3.57. The molecule has 6 nitrogen and oxygen atoms in total. The molecule has 0 bridgehead atoms. The Morgan fingerprint density at radius 2 is 1.81 bits per heavy atom. The van der Waals surface area contributed by atoms with Gasteiger partial charge in [0.2, 0.25) is 5.91 Å². The molecule has 2 saturated carbocycles. The van der Waals surface area contributed by atoms with Crippen molar-refractivity contribution in [1.29, 1.82) is 0 Å². The van der Waals surface area contributed by atoms with Gasteiger partial charge >= 0.3 is 6.03 Å². The number of amides is 3. The topological polar surface area (TPSA) is 64.7 Å². The van der Waals surface area contributed by atoms with Gasteiger partial charge in [0.25, 0.3) is 0 Å². The molecule has 0 radical (unpaired) electrons. The number of rotatable bonds is 2. The molecule has 4 fully saturated rings. The average molecular weight is 363 g/mol. The van der Waals surface area contributed by atoms with Crippen molar-refractivity contribution < 1.29 is 9.59 Å². The van der Waals surface area contributed by atoms with Gasteiger partial charge in [-0.05, 0) is 43.9 Å². The molecular weight excluding hydrogens is 328 g/mol. The van der Waals surface area contributed by atoms with Crippen LogP contribution in [0.2, 0.25) is 0 Å². The lowest BCUT2D eigenvalue weighted by molar-refractivity contribution is -0.135. The van der Waals surface area contributed by atoms with Crippen LogP contribution in [0.4, 0.5) is 4.79 Å². The summed E-state index contributed by atoms with van der Waals surface area (Å²) < 4.78 is 0. The lowest BCUT2D eigenvalue weighted by Crippen LogP contribution is -2.60. The van der Waals surface area contributed by atoms with Crippen LogP contribution in [-0.4, -0.2) is 66.5 Å². The van der Waals surface area contributed by atoms with Gasteiger partial charge in [-0.25, -0.2) is 4.79 Å². The number of piperidine rings is 1. The Hall–Kier alpha value is -1.30. The normalized spacial score (nSPS) is 32.1. The van der Waals surface area contributed by atoms with Crippen LogP contribution >= 0.6 is 0 Å². The largest absolute Gasteiger partial charge is 0.336 e. The van der Waals surface area contributed by atoms with Crippen LogP contribution in [0.15, 0.2) is 0 Å². The van der Waals surface area contributed by atoms with Gasteiger partial charge in [0.15, 0.2) is 0 Å². The Morgan fingerprint density at radius 3 is 2.58 bits per heavy atom. The Morgan fingerprint density at radius 1 is 1.04 bits per heavy atom. The third-order valence-electron chi connectivity index (χ3n) is 7.30. The number of hydrogen-bond acceptors (Lipinski definition) is 3. The number of carbonyl (C=O) groups is 2. The van der Waals surface area contributed by atoms with Gasteiger partial charge in [-0.2, -0.15) is 0 Å². The molecule has 4 rings (SSSR count). The van der Waals surface area contributed by atoms with Gasteiger partial charge < -0.3 is 20.4 Å². The number of nitrogens with one attached hydrogen (secondary N) is 2. The quantitative estimate of drug-likeness (QED) is 0.791. The second-order valence-corrected chi connectivity index (χ2v) is 8.82. The third-order valence-corrected chi connectivity index (χ3v) is 7.30. The molecule has 0 aromatic carbocycles. The van der Waals surface area contributed by atoms with Crippen molar-refractivity contribution in [2.24, 2.45) is 5.41 Å². The van der Waals surface area contributed by atoms with Crippen molar-refractivity contribution in [3.8, 4) is 0 Å². The molecule has 0 aromatic rings. The van der Waals surface area contributed by atoms with E-state index in [2.05, 4.69) is 10.6 Å². The van der Waals surface area contributed by atoms with Crippen LogP contribution in [0.1, 0.15) is 64.2 Å². The van der Waals surface area contributed by atoms with Crippen molar-refractivity contribution >= 4 is 11.9 Å². The predicted octanol–water partition coefficient (Wildman–Crippen LogP) is 2.10.